The normalized spacial score (nSPS) is 15.4. The third kappa shape index (κ3) is 2.24. The number of nitrogen functional groups attached to an aromatic ring is 1. The van der Waals surface area contributed by atoms with E-state index in [0.29, 0.717) is 11.4 Å². The van der Waals surface area contributed by atoms with Crippen LogP contribution in [0.3, 0.4) is 0 Å². The van der Waals surface area contributed by atoms with Crippen LogP contribution in [0.4, 0.5) is 11.4 Å². The van der Waals surface area contributed by atoms with E-state index in [4.69, 9.17) is 11.5 Å². The van der Waals surface area contributed by atoms with E-state index in [9.17, 15) is 14.4 Å². The number of nitrogens with one attached hydrogen (secondary N) is 1. The zero-order chi connectivity index (χ0) is 13.3. The third-order valence-electron chi connectivity index (χ3n) is 2.57. The van der Waals surface area contributed by atoms with Gasteiger partial charge < -0.3 is 16.4 Å². The number of imide groups is 1. The Balaban J connectivity index is 2.41. The van der Waals surface area contributed by atoms with Crippen LogP contribution in [-0.2, 0) is 9.59 Å². The van der Waals surface area contributed by atoms with Crippen LogP contribution in [0.2, 0.25) is 0 Å². The van der Waals surface area contributed by atoms with Gasteiger partial charge in [0.2, 0.25) is 11.8 Å². The predicted octanol–water partition coefficient (Wildman–Crippen LogP) is -1.17. The van der Waals surface area contributed by atoms with E-state index in [1.807, 2.05) is 0 Å². The van der Waals surface area contributed by atoms with Gasteiger partial charge in [0.25, 0.3) is 5.91 Å². The molecular weight excluding hydrogens is 236 g/mol. The Bertz CT molecular complexity index is 525. The second kappa shape index (κ2) is 4.36. The molecule has 0 unspecified atom stereocenters. The van der Waals surface area contributed by atoms with E-state index in [1.54, 1.807) is 12.1 Å². The zero-order valence-electron chi connectivity index (χ0n) is 9.47. The highest BCUT2D eigenvalue weighted by molar-refractivity contribution is 6.05. The highest BCUT2D eigenvalue weighted by atomic mass is 16.2. The minimum absolute atomic E-state index is 0.00403. The predicted molar refractivity (Wildman–Crippen MR) is 64.7 cm³/mol. The van der Waals surface area contributed by atoms with Gasteiger partial charge in [-0.15, -0.1) is 0 Å². The number of benzene rings is 1. The Morgan fingerprint density at radius 1 is 1.22 bits per heavy atom. The van der Waals surface area contributed by atoms with E-state index in [-0.39, 0.29) is 18.7 Å². The lowest BCUT2D eigenvalue weighted by Crippen LogP contribution is -2.52. The molecule has 1 aromatic rings. The molecule has 1 aromatic carbocycles. The van der Waals surface area contributed by atoms with Crippen molar-refractivity contribution in [3.05, 3.63) is 23.8 Å². The molecule has 7 heteroatoms. The van der Waals surface area contributed by atoms with Gasteiger partial charge in [-0.25, -0.2) is 0 Å². The van der Waals surface area contributed by atoms with Crippen molar-refractivity contribution in [2.75, 3.05) is 23.7 Å². The smallest absolute Gasteiger partial charge is 0.250 e. The first-order chi connectivity index (χ1) is 8.47. The summed E-state index contributed by atoms with van der Waals surface area (Å²) in [4.78, 5) is 35.4. The molecule has 0 spiro atoms. The van der Waals surface area contributed by atoms with Gasteiger partial charge in [0.1, 0.15) is 0 Å². The minimum Gasteiger partial charge on any atom is -0.399 e. The molecule has 0 saturated carbocycles. The fourth-order valence-electron chi connectivity index (χ4n) is 1.83. The number of anilines is 2. The van der Waals surface area contributed by atoms with Crippen molar-refractivity contribution in [2.45, 2.75) is 0 Å². The summed E-state index contributed by atoms with van der Waals surface area (Å²) in [5, 5.41) is 2.18. The zero-order valence-corrected chi connectivity index (χ0v) is 9.47. The molecular formula is C11H12N4O3. The van der Waals surface area contributed by atoms with E-state index >= 15 is 0 Å². The Labute approximate surface area is 103 Å². The molecule has 0 aliphatic carbocycles. The SMILES string of the molecule is NC(=O)c1cc(N)ccc1N1CC(=O)NC(=O)C1. The molecule has 0 radical (unpaired) electrons. The molecule has 1 saturated heterocycles. The molecule has 3 amide bonds. The van der Waals surface area contributed by atoms with Crippen LogP contribution in [0.25, 0.3) is 0 Å². The summed E-state index contributed by atoms with van der Waals surface area (Å²) >= 11 is 0. The van der Waals surface area contributed by atoms with Gasteiger partial charge in [-0.3, -0.25) is 19.7 Å². The Morgan fingerprint density at radius 3 is 2.39 bits per heavy atom. The third-order valence-corrected chi connectivity index (χ3v) is 2.57. The van der Waals surface area contributed by atoms with Gasteiger partial charge in [0.15, 0.2) is 0 Å². The number of piperazine rings is 1. The van der Waals surface area contributed by atoms with Crippen molar-refractivity contribution in [3.8, 4) is 0 Å². The number of carbonyl (C=O) groups is 3. The topological polar surface area (TPSA) is 119 Å². The van der Waals surface area contributed by atoms with Gasteiger partial charge in [-0.2, -0.15) is 0 Å². The van der Waals surface area contributed by atoms with Gasteiger partial charge in [-0.05, 0) is 18.2 Å². The van der Waals surface area contributed by atoms with Crippen LogP contribution >= 0.6 is 0 Å². The van der Waals surface area contributed by atoms with Crippen LogP contribution in [0.1, 0.15) is 10.4 Å². The maximum Gasteiger partial charge on any atom is 0.250 e. The maximum absolute atomic E-state index is 11.3. The Morgan fingerprint density at radius 2 is 1.83 bits per heavy atom. The molecule has 0 bridgehead atoms. The average Bonchev–Trinajstić information content (AvgIpc) is 2.27. The van der Waals surface area contributed by atoms with Crippen LogP contribution in [-0.4, -0.2) is 30.8 Å². The number of amides is 3. The van der Waals surface area contributed by atoms with Crippen molar-refractivity contribution in [1.82, 2.24) is 5.32 Å². The van der Waals surface area contributed by atoms with E-state index in [0.717, 1.165) is 0 Å². The van der Waals surface area contributed by atoms with Crippen LogP contribution in [0, 0.1) is 0 Å². The van der Waals surface area contributed by atoms with Crippen LogP contribution < -0.4 is 21.7 Å². The number of nitrogens with two attached hydrogens (primary N) is 2. The first kappa shape index (κ1) is 11.9. The summed E-state index contributed by atoms with van der Waals surface area (Å²) in [6.07, 6.45) is 0. The fraction of sp³-hybridized carbons (Fsp3) is 0.182. The lowest BCUT2D eigenvalue weighted by atomic mass is 10.1. The Hall–Kier alpha value is -2.57. The maximum atomic E-state index is 11.3. The number of carbonyl (C=O) groups excluding carboxylic acids is 3. The quantitative estimate of drug-likeness (QED) is 0.450. The lowest BCUT2D eigenvalue weighted by Gasteiger charge is -2.28. The summed E-state index contributed by atoms with van der Waals surface area (Å²) in [6.45, 7) is -0.00806. The first-order valence-corrected chi connectivity index (χ1v) is 5.24. The summed E-state index contributed by atoms with van der Waals surface area (Å²) in [6, 6.07) is 4.58. The molecule has 1 fully saturated rings. The van der Waals surface area contributed by atoms with E-state index in [2.05, 4.69) is 5.32 Å². The molecule has 1 aliphatic rings. The van der Waals surface area contributed by atoms with E-state index < -0.39 is 17.7 Å². The van der Waals surface area contributed by atoms with Gasteiger partial charge >= 0.3 is 0 Å². The van der Waals surface area contributed by atoms with Gasteiger partial charge in [-0.1, -0.05) is 0 Å². The summed E-state index contributed by atoms with van der Waals surface area (Å²) in [5.41, 5.74) is 11.8. The number of rotatable bonds is 2. The average molecular weight is 248 g/mol. The molecule has 18 heavy (non-hydrogen) atoms. The standard InChI is InChI=1S/C11H12N4O3/c12-6-1-2-8(7(3-6)11(13)18)15-4-9(16)14-10(17)5-15/h1-3H,4-5,12H2,(H2,13,18)(H,14,16,17). The molecule has 1 aliphatic heterocycles. The minimum atomic E-state index is -0.657. The Kier molecular flexibility index (Phi) is 2.88. The molecule has 7 nitrogen and oxygen atoms in total. The van der Waals surface area contributed by atoms with Crippen molar-refractivity contribution in [1.29, 1.82) is 0 Å². The second-order valence-corrected chi connectivity index (χ2v) is 3.97. The number of hydrogen-bond donors (Lipinski definition) is 3. The van der Waals surface area contributed by atoms with Crippen LogP contribution in [0.15, 0.2) is 18.2 Å². The molecule has 0 aromatic heterocycles. The monoisotopic (exact) mass is 248 g/mol. The van der Waals surface area contributed by atoms with Crippen molar-refractivity contribution in [2.24, 2.45) is 5.73 Å². The van der Waals surface area contributed by atoms with Gasteiger partial charge in [0, 0.05) is 5.69 Å². The molecule has 5 N–H and O–H groups in total. The van der Waals surface area contributed by atoms with Gasteiger partial charge in [0.05, 0.1) is 24.3 Å². The number of nitrogens with zero attached hydrogens (tertiary/aromatic N) is 1. The van der Waals surface area contributed by atoms with E-state index in [1.165, 1.54) is 11.0 Å². The molecule has 94 valence electrons. The molecule has 0 atom stereocenters. The second-order valence-electron chi connectivity index (χ2n) is 3.97. The summed E-state index contributed by atoms with van der Waals surface area (Å²) in [5.74, 6) is -1.49. The number of primary amides is 1. The largest absolute Gasteiger partial charge is 0.399 e. The number of hydrogen-bond acceptors (Lipinski definition) is 5. The van der Waals surface area contributed by atoms with Crippen molar-refractivity contribution >= 4 is 29.1 Å². The summed E-state index contributed by atoms with van der Waals surface area (Å²) in [7, 11) is 0. The fourth-order valence-corrected chi connectivity index (χ4v) is 1.83. The van der Waals surface area contributed by atoms with Crippen molar-refractivity contribution < 1.29 is 14.4 Å². The lowest BCUT2D eigenvalue weighted by molar-refractivity contribution is -0.130. The first-order valence-electron chi connectivity index (χ1n) is 5.24. The summed E-state index contributed by atoms with van der Waals surface area (Å²) < 4.78 is 0. The highest BCUT2D eigenvalue weighted by Crippen LogP contribution is 2.23. The highest BCUT2D eigenvalue weighted by Gasteiger charge is 2.25. The molecule has 2 rings (SSSR count). The van der Waals surface area contributed by atoms with Crippen LogP contribution in [0.5, 0.6) is 0 Å². The molecule has 1 heterocycles. The van der Waals surface area contributed by atoms with Crippen molar-refractivity contribution in [3.63, 3.8) is 0 Å².